The number of aliphatic carboxylic acids is 1. The molecule has 0 bridgehead atoms. The number of hydrogen-bond acceptors (Lipinski definition) is 4. The van der Waals surface area contributed by atoms with Gasteiger partial charge in [-0.2, -0.15) is 0 Å². The van der Waals surface area contributed by atoms with Gasteiger partial charge in [0.1, 0.15) is 6.04 Å². The topological polar surface area (TPSA) is 81.8 Å². The molecule has 0 aromatic heterocycles. The number of methoxy groups -OCH3 is 2. The number of carboxylic acids is 1. The summed E-state index contributed by atoms with van der Waals surface area (Å²) in [4.78, 5) is 10.9. The van der Waals surface area contributed by atoms with Crippen molar-refractivity contribution in [2.75, 3.05) is 14.2 Å². The number of carbonyl (C=O) groups is 1. The zero-order chi connectivity index (χ0) is 14.6. The van der Waals surface area contributed by atoms with Crippen LogP contribution in [0.2, 0.25) is 0 Å². The average Bonchev–Trinajstić information content (AvgIpc) is 2.37. The highest BCUT2D eigenvalue weighted by Crippen LogP contribution is 2.40. The first-order valence-electron chi connectivity index (χ1n) is 5.86. The fraction of sp³-hybridized carbons (Fsp3) is 0.462. The highest BCUT2D eigenvalue weighted by molar-refractivity contribution is 9.10. The summed E-state index contributed by atoms with van der Waals surface area (Å²) < 4.78 is 11.4. The van der Waals surface area contributed by atoms with Crippen LogP contribution >= 0.6 is 15.9 Å². The summed E-state index contributed by atoms with van der Waals surface area (Å²) >= 11 is 3.40. The Labute approximate surface area is 120 Å². The number of benzene rings is 1. The van der Waals surface area contributed by atoms with Crippen LogP contribution < -0.4 is 15.2 Å². The van der Waals surface area contributed by atoms with Gasteiger partial charge < -0.3 is 20.3 Å². The van der Waals surface area contributed by atoms with Crippen LogP contribution in [0, 0.1) is 0 Å². The smallest absolute Gasteiger partial charge is 0.320 e. The molecule has 1 atom stereocenters. The van der Waals surface area contributed by atoms with E-state index in [4.69, 9.17) is 20.3 Å². The van der Waals surface area contributed by atoms with Gasteiger partial charge in [-0.3, -0.25) is 4.79 Å². The van der Waals surface area contributed by atoms with Crippen LogP contribution in [-0.2, 0) is 17.6 Å². The summed E-state index contributed by atoms with van der Waals surface area (Å²) in [6, 6.07) is 0.901. The molecule has 0 saturated heterocycles. The molecule has 0 fully saturated rings. The van der Waals surface area contributed by atoms with E-state index in [1.54, 1.807) is 14.2 Å². The van der Waals surface area contributed by atoms with Crippen LogP contribution in [0.3, 0.4) is 0 Å². The molecule has 0 radical (unpaired) electrons. The van der Waals surface area contributed by atoms with Crippen LogP contribution in [0.1, 0.15) is 18.1 Å². The summed E-state index contributed by atoms with van der Waals surface area (Å²) in [5.41, 5.74) is 7.36. The maximum Gasteiger partial charge on any atom is 0.320 e. The Hall–Kier alpha value is -1.27. The van der Waals surface area contributed by atoms with Crippen molar-refractivity contribution in [3.05, 3.63) is 21.7 Å². The lowest BCUT2D eigenvalue weighted by atomic mass is 9.97. The molecule has 0 amide bonds. The van der Waals surface area contributed by atoms with Crippen LogP contribution in [-0.4, -0.2) is 31.3 Å². The van der Waals surface area contributed by atoms with E-state index in [0.29, 0.717) is 17.9 Å². The maximum atomic E-state index is 10.9. The number of halogens is 1. The Balaban J connectivity index is 3.32. The van der Waals surface area contributed by atoms with Crippen molar-refractivity contribution in [2.45, 2.75) is 25.8 Å². The fourth-order valence-electron chi connectivity index (χ4n) is 2.00. The highest BCUT2D eigenvalue weighted by atomic mass is 79.9. The first kappa shape index (κ1) is 15.8. The summed E-state index contributed by atoms with van der Waals surface area (Å²) in [6.45, 7) is 1.97. The Morgan fingerprint density at radius 2 is 2.00 bits per heavy atom. The van der Waals surface area contributed by atoms with Gasteiger partial charge in [-0.05, 0) is 40.4 Å². The van der Waals surface area contributed by atoms with E-state index in [1.807, 2.05) is 13.0 Å². The van der Waals surface area contributed by atoms with Crippen molar-refractivity contribution < 1.29 is 19.4 Å². The van der Waals surface area contributed by atoms with Crippen LogP contribution in [0.25, 0.3) is 0 Å². The lowest BCUT2D eigenvalue weighted by Gasteiger charge is -2.18. The highest BCUT2D eigenvalue weighted by Gasteiger charge is 2.21. The molecule has 1 aromatic carbocycles. The SMILES string of the molecule is CCc1c(CC(N)C(=O)O)cc(Br)c(OC)c1OC. The van der Waals surface area contributed by atoms with Crippen LogP contribution in [0.4, 0.5) is 0 Å². The van der Waals surface area contributed by atoms with Gasteiger partial charge >= 0.3 is 5.97 Å². The summed E-state index contributed by atoms with van der Waals surface area (Å²) in [5, 5.41) is 8.91. The van der Waals surface area contributed by atoms with Crippen LogP contribution in [0.5, 0.6) is 11.5 Å². The molecule has 0 heterocycles. The van der Waals surface area contributed by atoms with Gasteiger partial charge in [0.15, 0.2) is 11.5 Å². The quantitative estimate of drug-likeness (QED) is 0.832. The second-order valence-corrected chi connectivity index (χ2v) is 4.92. The number of hydrogen-bond donors (Lipinski definition) is 2. The standard InChI is InChI=1S/C13H18BrNO4/c1-4-8-7(6-10(15)13(16)17)5-9(14)12(19-3)11(8)18-2/h5,10H,4,6,15H2,1-3H3,(H,16,17). The van der Waals surface area contributed by atoms with Crippen molar-refractivity contribution in [3.63, 3.8) is 0 Å². The third kappa shape index (κ3) is 3.39. The normalized spacial score (nSPS) is 12.1. The van der Waals surface area contributed by atoms with Crippen LogP contribution in [0.15, 0.2) is 10.5 Å². The predicted molar refractivity (Wildman–Crippen MR) is 75.9 cm³/mol. The minimum Gasteiger partial charge on any atom is -0.493 e. The molecule has 19 heavy (non-hydrogen) atoms. The van der Waals surface area contributed by atoms with Crippen molar-refractivity contribution in [1.82, 2.24) is 0 Å². The van der Waals surface area contributed by atoms with E-state index < -0.39 is 12.0 Å². The fourth-order valence-corrected chi connectivity index (χ4v) is 2.62. The van der Waals surface area contributed by atoms with Gasteiger partial charge in [-0.15, -0.1) is 0 Å². The maximum absolute atomic E-state index is 10.9. The summed E-state index contributed by atoms with van der Waals surface area (Å²) in [5.74, 6) is 0.201. The molecule has 1 aromatic rings. The molecule has 0 saturated carbocycles. The van der Waals surface area contributed by atoms with Gasteiger partial charge in [0, 0.05) is 5.56 Å². The van der Waals surface area contributed by atoms with Crippen molar-refractivity contribution >= 4 is 21.9 Å². The largest absolute Gasteiger partial charge is 0.493 e. The summed E-state index contributed by atoms with van der Waals surface area (Å²) in [6.07, 6.45) is 0.950. The van der Waals surface area contributed by atoms with Gasteiger partial charge in [0.2, 0.25) is 0 Å². The molecule has 6 heteroatoms. The van der Waals surface area contributed by atoms with Crippen molar-refractivity contribution in [2.24, 2.45) is 5.73 Å². The Morgan fingerprint density at radius 1 is 1.42 bits per heavy atom. The van der Waals surface area contributed by atoms with E-state index in [1.165, 1.54) is 0 Å². The van der Waals surface area contributed by atoms with E-state index >= 15 is 0 Å². The van der Waals surface area contributed by atoms with E-state index in [2.05, 4.69) is 15.9 Å². The zero-order valence-corrected chi connectivity index (χ0v) is 12.8. The second-order valence-electron chi connectivity index (χ2n) is 4.06. The van der Waals surface area contributed by atoms with E-state index in [-0.39, 0.29) is 6.42 Å². The van der Waals surface area contributed by atoms with Crippen molar-refractivity contribution in [3.8, 4) is 11.5 Å². The predicted octanol–water partition coefficient (Wildman–Crippen LogP) is 1.98. The molecule has 0 aliphatic rings. The number of nitrogens with two attached hydrogens (primary N) is 1. The first-order valence-corrected chi connectivity index (χ1v) is 6.66. The third-order valence-electron chi connectivity index (χ3n) is 2.90. The Bertz CT molecular complexity index is 476. The Morgan fingerprint density at radius 3 is 2.42 bits per heavy atom. The molecule has 1 unspecified atom stereocenters. The Kier molecular flexibility index (Phi) is 5.62. The van der Waals surface area contributed by atoms with Gasteiger partial charge in [-0.25, -0.2) is 0 Å². The number of carboxylic acid groups (broad SMARTS) is 1. The number of ether oxygens (including phenoxy) is 2. The molecule has 106 valence electrons. The monoisotopic (exact) mass is 331 g/mol. The van der Waals surface area contributed by atoms with E-state index in [0.717, 1.165) is 15.6 Å². The molecule has 0 spiro atoms. The lowest BCUT2D eigenvalue weighted by molar-refractivity contribution is -0.138. The van der Waals surface area contributed by atoms with E-state index in [9.17, 15) is 4.79 Å². The average molecular weight is 332 g/mol. The third-order valence-corrected chi connectivity index (χ3v) is 3.49. The minimum atomic E-state index is -1.02. The molecule has 0 aliphatic heterocycles. The molecule has 1 rings (SSSR count). The zero-order valence-electron chi connectivity index (χ0n) is 11.2. The summed E-state index contributed by atoms with van der Waals surface area (Å²) in [7, 11) is 3.12. The molecule has 5 nitrogen and oxygen atoms in total. The number of rotatable bonds is 6. The molecule has 0 aliphatic carbocycles. The van der Waals surface area contributed by atoms with Crippen molar-refractivity contribution in [1.29, 1.82) is 0 Å². The van der Waals surface area contributed by atoms with Gasteiger partial charge in [0.25, 0.3) is 0 Å². The molecular weight excluding hydrogens is 314 g/mol. The van der Waals surface area contributed by atoms with Gasteiger partial charge in [-0.1, -0.05) is 6.92 Å². The lowest BCUT2D eigenvalue weighted by Crippen LogP contribution is -2.32. The first-order chi connectivity index (χ1) is 8.96. The van der Waals surface area contributed by atoms with Gasteiger partial charge in [0.05, 0.1) is 18.7 Å². The molecular formula is C13H18BrNO4. The minimum absolute atomic E-state index is 0.247. The second kappa shape index (κ2) is 6.77. The molecule has 3 N–H and O–H groups in total.